The van der Waals surface area contributed by atoms with E-state index in [-0.39, 0.29) is 25.2 Å². The molecule has 0 radical (unpaired) electrons. The molecule has 0 spiro atoms. The second-order valence-corrected chi connectivity index (χ2v) is 7.53. The summed E-state index contributed by atoms with van der Waals surface area (Å²) in [6.07, 6.45) is 1.51. The van der Waals surface area contributed by atoms with E-state index in [1.807, 2.05) is 32.9 Å². The highest BCUT2D eigenvalue weighted by Gasteiger charge is 2.20. The van der Waals surface area contributed by atoms with Crippen molar-refractivity contribution in [1.82, 2.24) is 0 Å². The van der Waals surface area contributed by atoms with Gasteiger partial charge < -0.3 is 15.3 Å². The Labute approximate surface area is 145 Å². The van der Waals surface area contributed by atoms with E-state index in [1.165, 1.54) is 0 Å². The average Bonchev–Trinajstić information content (AvgIpc) is 2.53. The van der Waals surface area contributed by atoms with Crippen LogP contribution in [0.3, 0.4) is 0 Å². The smallest absolute Gasteiger partial charge is 0.151 e. The monoisotopic (exact) mass is 388 g/mol. The molecular weight excluding hydrogens is 364 g/mol. The Bertz CT molecular complexity index is 493. The van der Waals surface area contributed by atoms with Crippen LogP contribution in [0.4, 0.5) is 0 Å². The third kappa shape index (κ3) is 6.51. The standard InChI is InChI=1S/C12H13BrO2.C5H12O3/c1-12(2,3)10-4-8(6-14)11(13)9(5-10)7-15;1-5(2-6,3-7)4-8/h4-7H,1-3H3;6-8H,2-4H2,1H3. The first-order valence-corrected chi connectivity index (χ1v) is 7.94. The minimum absolute atomic E-state index is 0.0732. The summed E-state index contributed by atoms with van der Waals surface area (Å²) in [7, 11) is 0. The molecule has 0 bridgehead atoms. The molecule has 1 aromatic carbocycles. The van der Waals surface area contributed by atoms with E-state index >= 15 is 0 Å². The van der Waals surface area contributed by atoms with Crippen molar-refractivity contribution in [3.8, 4) is 0 Å². The number of aldehydes is 2. The van der Waals surface area contributed by atoms with Gasteiger partial charge in [-0.25, -0.2) is 0 Å². The molecule has 130 valence electrons. The molecular formula is C17H25BrO5. The van der Waals surface area contributed by atoms with Crippen molar-refractivity contribution >= 4 is 28.5 Å². The first-order chi connectivity index (χ1) is 10.6. The van der Waals surface area contributed by atoms with Gasteiger partial charge in [-0.15, -0.1) is 0 Å². The van der Waals surface area contributed by atoms with Crippen molar-refractivity contribution in [2.24, 2.45) is 5.41 Å². The van der Waals surface area contributed by atoms with Crippen LogP contribution < -0.4 is 0 Å². The third-order valence-corrected chi connectivity index (χ3v) is 4.31. The van der Waals surface area contributed by atoms with Crippen molar-refractivity contribution in [3.63, 3.8) is 0 Å². The molecule has 0 atom stereocenters. The Morgan fingerprint density at radius 1 is 0.913 bits per heavy atom. The zero-order chi connectivity index (χ0) is 18.3. The Morgan fingerprint density at radius 3 is 1.43 bits per heavy atom. The summed E-state index contributed by atoms with van der Waals surface area (Å²) in [5, 5.41) is 25.4. The van der Waals surface area contributed by atoms with E-state index in [0.717, 1.165) is 18.1 Å². The van der Waals surface area contributed by atoms with Crippen molar-refractivity contribution in [1.29, 1.82) is 0 Å². The van der Waals surface area contributed by atoms with Gasteiger partial charge >= 0.3 is 0 Å². The van der Waals surface area contributed by atoms with E-state index in [1.54, 1.807) is 6.92 Å². The van der Waals surface area contributed by atoms with E-state index in [4.69, 9.17) is 15.3 Å². The van der Waals surface area contributed by atoms with E-state index in [0.29, 0.717) is 15.6 Å². The summed E-state index contributed by atoms with van der Waals surface area (Å²) in [5.41, 5.74) is 1.24. The van der Waals surface area contributed by atoms with Crippen LogP contribution in [-0.4, -0.2) is 47.7 Å². The SMILES string of the molecule is CC(C)(C)c1cc(C=O)c(Br)c(C=O)c1.CC(CO)(CO)CO. The molecule has 23 heavy (non-hydrogen) atoms. The molecule has 5 nitrogen and oxygen atoms in total. The second-order valence-electron chi connectivity index (χ2n) is 6.74. The fraction of sp³-hybridized carbons (Fsp3) is 0.529. The van der Waals surface area contributed by atoms with Crippen LogP contribution in [0.15, 0.2) is 16.6 Å². The first kappa shape index (κ1) is 21.9. The van der Waals surface area contributed by atoms with Gasteiger partial charge in [-0.3, -0.25) is 9.59 Å². The zero-order valence-corrected chi connectivity index (χ0v) is 15.6. The van der Waals surface area contributed by atoms with Gasteiger partial charge in [-0.1, -0.05) is 27.7 Å². The third-order valence-electron chi connectivity index (χ3n) is 3.39. The average molecular weight is 389 g/mol. The number of aliphatic hydroxyl groups excluding tert-OH is 3. The van der Waals surface area contributed by atoms with Crippen molar-refractivity contribution in [2.75, 3.05) is 19.8 Å². The number of halogens is 1. The number of hydrogen-bond acceptors (Lipinski definition) is 5. The highest BCUT2D eigenvalue weighted by atomic mass is 79.9. The molecule has 0 aliphatic heterocycles. The summed E-state index contributed by atoms with van der Waals surface area (Å²) < 4.78 is 0.570. The number of aliphatic hydroxyl groups is 3. The van der Waals surface area contributed by atoms with Gasteiger partial charge in [0.15, 0.2) is 12.6 Å². The molecule has 6 heteroatoms. The molecule has 0 aromatic heterocycles. The molecule has 0 saturated carbocycles. The summed E-state index contributed by atoms with van der Waals surface area (Å²) in [6.45, 7) is 7.19. The van der Waals surface area contributed by atoms with Crippen molar-refractivity contribution in [3.05, 3.63) is 33.3 Å². The Morgan fingerprint density at radius 2 is 1.26 bits per heavy atom. The Kier molecular flexibility index (Phi) is 8.84. The van der Waals surface area contributed by atoms with Crippen molar-refractivity contribution < 1.29 is 24.9 Å². The number of carbonyl (C=O) groups excluding carboxylic acids is 2. The predicted molar refractivity (Wildman–Crippen MR) is 93.0 cm³/mol. The highest BCUT2D eigenvalue weighted by molar-refractivity contribution is 9.10. The zero-order valence-electron chi connectivity index (χ0n) is 14.0. The molecule has 1 rings (SSSR count). The second kappa shape index (κ2) is 9.27. The normalized spacial score (nSPS) is 11.5. The maximum Gasteiger partial charge on any atom is 0.151 e. The van der Waals surface area contributed by atoms with Gasteiger partial charge in [-0.05, 0) is 39.0 Å². The van der Waals surface area contributed by atoms with Crippen LogP contribution in [0.5, 0.6) is 0 Å². The van der Waals surface area contributed by atoms with Crippen LogP contribution in [-0.2, 0) is 5.41 Å². The summed E-state index contributed by atoms with van der Waals surface area (Å²) in [6, 6.07) is 3.62. The summed E-state index contributed by atoms with van der Waals surface area (Å²) in [4.78, 5) is 21.7. The lowest BCUT2D eigenvalue weighted by atomic mass is 9.85. The molecule has 0 fully saturated rings. The molecule has 0 aliphatic carbocycles. The molecule has 0 heterocycles. The number of carbonyl (C=O) groups is 2. The summed E-state index contributed by atoms with van der Waals surface area (Å²) in [5.74, 6) is 0. The number of benzene rings is 1. The quantitative estimate of drug-likeness (QED) is 0.672. The van der Waals surface area contributed by atoms with E-state index in [9.17, 15) is 9.59 Å². The lowest BCUT2D eigenvalue weighted by Crippen LogP contribution is -2.29. The fourth-order valence-corrected chi connectivity index (χ4v) is 1.84. The van der Waals surface area contributed by atoms with Gasteiger partial charge in [-0.2, -0.15) is 0 Å². The van der Waals surface area contributed by atoms with Crippen LogP contribution in [0, 0.1) is 5.41 Å². The number of rotatable bonds is 5. The molecule has 0 saturated heterocycles. The summed E-state index contributed by atoms with van der Waals surface area (Å²) >= 11 is 3.24. The van der Waals surface area contributed by atoms with Gasteiger partial charge in [0.05, 0.1) is 19.8 Å². The Balaban J connectivity index is 0.000000515. The number of hydrogen-bond donors (Lipinski definition) is 3. The Hall–Kier alpha value is -1.08. The molecule has 0 aliphatic rings. The maximum atomic E-state index is 10.8. The van der Waals surface area contributed by atoms with Gasteiger partial charge in [0.2, 0.25) is 0 Å². The van der Waals surface area contributed by atoms with Crippen molar-refractivity contribution in [2.45, 2.75) is 33.1 Å². The van der Waals surface area contributed by atoms with Crippen LogP contribution in [0.25, 0.3) is 0 Å². The predicted octanol–water partition coefficient (Wildman–Crippen LogP) is 2.34. The van der Waals surface area contributed by atoms with Crippen LogP contribution in [0.2, 0.25) is 0 Å². The maximum absolute atomic E-state index is 10.8. The lowest BCUT2D eigenvalue weighted by Gasteiger charge is -2.20. The van der Waals surface area contributed by atoms with Gasteiger partial charge in [0.25, 0.3) is 0 Å². The minimum Gasteiger partial charge on any atom is -0.396 e. The molecule has 1 aromatic rings. The van der Waals surface area contributed by atoms with Gasteiger partial charge in [0, 0.05) is 21.0 Å². The molecule has 3 N–H and O–H groups in total. The minimum atomic E-state index is -0.708. The lowest BCUT2D eigenvalue weighted by molar-refractivity contribution is 0.0200. The largest absolute Gasteiger partial charge is 0.396 e. The van der Waals surface area contributed by atoms with E-state index in [2.05, 4.69) is 15.9 Å². The van der Waals surface area contributed by atoms with Crippen LogP contribution >= 0.6 is 15.9 Å². The van der Waals surface area contributed by atoms with Gasteiger partial charge in [0.1, 0.15) is 0 Å². The molecule has 0 amide bonds. The van der Waals surface area contributed by atoms with E-state index < -0.39 is 5.41 Å². The highest BCUT2D eigenvalue weighted by Crippen LogP contribution is 2.28. The molecule has 0 unspecified atom stereocenters. The topological polar surface area (TPSA) is 94.8 Å². The van der Waals surface area contributed by atoms with Crippen LogP contribution in [0.1, 0.15) is 54.0 Å². The fourth-order valence-electron chi connectivity index (χ4n) is 1.42. The first-order valence-electron chi connectivity index (χ1n) is 7.15.